The molecular formula is C9H12N2O3. The van der Waals surface area contributed by atoms with Gasteiger partial charge in [0.1, 0.15) is 0 Å². The first-order valence-electron chi connectivity index (χ1n) is 4.34. The van der Waals surface area contributed by atoms with Crippen molar-refractivity contribution in [3.63, 3.8) is 0 Å². The molecule has 0 aliphatic rings. The lowest BCUT2D eigenvalue weighted by Crippen LogP contribution is -2.40. The predicted molar refractivity (Wildman–Crippen MR) is 51.2 cm³/mol. The lowest BCUT2D eigenvalue weighted by atomic mass is 10.3. The van der Waals surface area contributed by atoms with E-state index in [1.54, 1.807) is 6.92 Å². The molecule has 0 radical (unpaired) electrons. The minimum atomic E-state index is -0.656. The second-order valence-corrected chi connectivity index (χ2v) is 3.04. The maximum Gasteiger partial charge on any atom is 0.316 e. The van der Waals surface area contributed by atoms with Crippen LogP contribution in [0.2, 0.25) is 0 Å². The number of ketones is 1. The second kappa shape index (κ2) is 4.04. The van der Waals surface area contributed by atoms with Gasteiger partial charge < -0.3 is 9.13 Å². The summed E-state index contributed by atoms with van der Waals surface area (Å²) in [5.41, 5.74) is -1.27. The zero-order valence-electron chi connectivity index (χ0n) is 8.19. The summed E-state index contributed by atoms with van der Waals surface area (Å²) in [5.74, 6) is -0.0691. The number of Topliss-reactive ketones (excluding diaryl/α,β-unsaturated/α-hetero) is 1. The molecule has 0 saturated carbocycles. The number of hydrogen-bond donors (Lipinski definition) is 0. The van der Waals surface area contributed by atoms with E-state index >= 15 is 0 Å². The molecule has 0 N–H and O–H groups in total. The van der Waals surface area contributed by atoms with E-state index in [1.807, 2.05) is 0 Å². The third-order valence-electron chi connectivity index (χ3n) is 1.98. The lowest BCUT2D eigenvalue weighted by Gasteiger charge is -2.03. The van der Waals surface area contributed by atoms with Gasteiger partial charge in [0.15, 0.2) is 5.78 Å². The van der Waals surface area contributed by atoms with Crippen molar-refractivity contribution >= 4 is 5.78 Å². The van der Waals surface area contributed by atoms with Crippen molar-refractivity contribution in [1.82, 2.24) is 9.13 Å². The van der Waals surface area contributed by atoms with Gasteiger partial charge in [-0.25, -0.2) is 0 Å². The quantitative estimate of drug-likeness (QED) is 0.614. The van der Waals surface area contributed by atoms with E-state index < -0.39 is 11.1 Å². The van der Waals surface area contributed by atoms with Crippen LogP contribution in [0.5, 0.6) is 0 Å². The normalized spacial score (nSPS) is 10.1. The molecule has 0 aliphatic heterocycles. The predicted octanol–water partition coefficient (Wildman–Crippen LogP) is -0.474. The maximum absolute atomic E-state index is 11.3. The topological polar surface area (TPSA) is 61.1 Å². The van der Waals surface area contributed by atoms with Gasteiger partial charge in [0.2, 0.25) is 0 Å². The third-order valence-corrected chi connectivity index (χ3v) is 1.98. The van der Waals surface area contributed by atoms with E-state index in [0.717, 1.165) is 4.57 Å². The minimum absolute atomic E-state index is 0.0224. The van der Waals surface area contributed by atoms with Gasteiger partial charge in [0, 0.05) is 25.9 Å². The van der Waals surface area contributed by atoms with Crippen molar-refractivity contribution in [3.8, 4) is 0 Å². The highest BCUT2D eigenvalue weighted by atomic mass is 16.2. The summed E-state index contributed by atoms with van der Waals surface area (Å²) in [5, 5.41) is 0. The molecule has 0 spiro atoms. The third kappa shape index (κ3) is 1.99. The van der Waals surface area contributed by atoms with Crippen molar-refractivity contribution < 1.29 is 4.79 Å². The Morgan fingerprint density at radius 1 is 1.29 bits per heavy atom. The summed E-state index contributed by atoms with van der Waals surface area (Å²) in [6.45, 7) is 1.69. The van der Waals surface area contributed by atoms with Crippen LogP contribution in [0.15, 0.2) is 22.0 Å². The fraction of sp³-hybridized carbons (Fsp3) is 0.444. The first-order valence-corrected chi connectivity index (χ1v) is 4.34. The largest absolute Gasteiger partial charge is 0.316 e. The first-order chi connectivity index (χ1) is 6.56. The van der Waals surface area contributed by atoms with Crippen LogP contribution < -0.4 is 11.1 Å². The molecule has 0 fully saturated rings. The summed E-state index contributed by atoms with van der Waals surface area (Å²) in [7, 11) is 1.50. The second-order valence-electron chi connectivity index (χ2n) is 3.04. The Morgan fingerprint density at radius 2 is 1.93 bits per heavy atom. The Kier molecular flexibility index (Phi) is 3.01. The van der Waals surface area contributed by atoms with Gasteiger partial charge in [0.05, 0.1) is 6.54 Å². The molecule has 5 nitrogen and oxygen atoms in total. The van der Waals surface area contributed by atoms with E-state index in [2.05, 4.69) is 0 Å². The molecule has 76 valence electrons. The van der Waals surface area contributed by atoms with E-state index in [0.29, 0.717) is 6.42 Å². The zero-order valence-corrected chi connectivity index (χ0v) is 8.19. The van der Waals surface area contributed by atoms with Crippen LogP contribution in [0.4, 0.5) is 0 Å². The molecule has 1 aromatic rings. The molecule has 0 atom stereocenters. The van der Waals surface area contributed by atoms with Crippen LogP contribution in [-0.2, 0) is 18.4 Å². The van der Waals surface area contributed by atoms with Crippen LogP contribution in [0.25, 0.3) is 0 Å². The molecule has 1 rings (SSSR count). The van der Waals surface area contributed by atoms with Gasteiger partial charge in [-0.1, -0.05) is 6.92 Å². The number of aryl methyl sites for hydroxylation is 1. The number of rotatable bonds is 3. The first kappa shape index (κ1) is 10.4. The summed E-state index contributed by atoms with van der Waals surface area (Å²) in [6, 6.07) is 0. The monoisotopic (exact) mass is 196 g/mol. The molecule has 1 aromatic heterocycles. The van der Waals surface area contributed by atoms with Gasteiger partial charge in [-0.05, 0) is 0 Å². The molecule has 0 aromatic carbocycles. The van der Waals surface area contributed by atoms with E-state index in [-0.39, 0.29) is 12.3 Å². The number of nitrogens with zero attached hydrogens (tertiary/aromatic N) is 2. The summed E-state index contributed by atoms with van der Waals surface area (Å²) < 4.78 is 2.32. The zero-order chi connectivity index (χ0) is 10.7. The SMILES string of the molecule is CCC(=O)Cn1ccn(C)c(=O)c1=O. The molecule has 0 saturated heterocycles. The minimum Gasteiger partial charge on any atom is -0.312 e. The Bertz CT molecular complexity index is 456. The average molecular weight is 196 g/mol. The Labute approximate surface area is 80.6 Å². The van der Waals surface area contributed by atoms with Crippen LogP contribution in [-0.4, -0.2) is 14.9 Å². The number of carbonyl (C=O) groups excluding carboxylic acids is 1. The molecule has 5 heteroatoms. The number of carbonyl (C=O) groups is 1. The van der Waals surface area contributed by atoms with Gasteiger partial charge in [-0.15, -0.1) is 0 Å². The van der Waals surface area contributed by atoms with Gasteiger partial charge in [-0.2, -0.15) is 0 Å². The Morgan fingerprint density at radius 3 is 2.50 bits per heavy atom. The Hall–Kier alpha value is -1.65. The molecule has 1 heterocycles. The average Bonchev–Trinajstić information content (AvgIpc) is 2.19. The number of aromatic nitrogens is 2. The van der Waals surface area contributed by atoms with E-state index in [4.69, 9.17) is 0 Å². The summed E-state index contributed by atoms with van der Waals surface area (Å²) >= 11 is 0. The molecule has 0 unspecified atom stereocenters. The van der Waals surface area contributed by atoms with Gasteiger partial charge in [0.25, 0.3) is 0 Å². The highest BCUT2D eigenvalue weighted by Gasteiger charge is 2.05. The van der Waals surface area contributed by atoms with Crippen LogP contribution in [0.3, 0.4) is 0 Å². The van der Waals surface area contributed by atoms with Crippen molar-refractivity contribution in [1.29, 1.82) is 0 Å². The molecular weight excluding hydrogens is 184 g/mol. The van der Waals surface area contributed by atoms with Crippen molar-refractivity contribution in [3.05, 3.63) is 33.1 Å². The van der Waals surface area contributed by atoms with Crippen LogP contribution >= 0.6 is 0 Å². The highest BCUT2D eigenvalue weighted by molar-refractivity contribution is 5.77. The fourth-order valence-electron chi connectivity index (χ4n) is 1.02. The van der Waals surface area contributed by atoms with Gasteiger partial charge >= 0.3 is 11.1 Å². The van der Waals surface area contributed by atoms with Crippen LogP contribution in [0, 0.1) is 0 Å². The molecule has 0 amide bonds. The van der Waals surface area contributed by atoms with Crippen LogP contribution in [0.1, 0.15) is 13.3 Å². The Balaban J connectivity index is 3.13. The molecule has 0 bridgehead atoms. The standard InChI is InChI=1S/C9H12N2O3/c1-3-7(12)6-11-5-4-10(2)8(13)9(11)14/h4-5H,3,6H2,1-2H3. The maximum atomic E-state index is 11.3. The number of hydrogen-bond acceptors (Lipinski definition) is 3. The molecule has 0 aliphatic carbocycles. The molecule has 14 heavy (non-hydrogen) atoms. The smallest absolute Gasteiger partial charge is 0.312 e. The lowest BCUT2D eigenvalue weighted by molar-refractivity contribution is -0.119. The van der Waals surface area contributed by atoms with Crippen molar-refractivity contribution in [2.75, 3.05) is 0 Å². The summed E-state index contributed by atoms with van der Waals surface area (Å²) in [4.78, 5) is 33.6. The van der Waals surface area contributed by atoms with Gasteiger partial charge in [-0.3, -0.25) is 14.4 Å². The fourth-order valence-corrected chi connectivity index (χ4v) is 1.02. The highest BCUT2D eigenvalue weighted by Crippen LogP contribution is 1.85. The van der Waals surface area contributed by atoms with E-state index in [9.17, 15) is 14.4 Å². The van der Waals surface area contributed by atoms with Crippen molar-refractivity contribution in [2.24, 2.45) is 7.05 Å². The van der Waals surface area contributed by atoms with Crippen molar-refractivity contribution in [2.45, 2.75) is 19.9 Å². The van der Waals surface area contributed by atoms with E-state index in [1.165, 1.54) is 24.0 Å². The summed E-state index contributed by atoms with van der Waals surface area (Å²) in [6.07, 6.45) is 3.27.